The van der Waals surface area contributed by atoms with Crippen molar-refractivity contribution in [1.29, 1.82) is 0 Å². The fourth-order valence-electron chi connectivity index (χ4n) is 3.26. The molecule has 1 atom stereocenters. The molecule has 4 nitrogen and oxygen atoms in total. The van der Waals surface area contributed by atoms with Gasteiger partial charge in [-0.15, -0.1) is 0 Å². The van der Waals surface area contributed by atoms with E-state index in [0.717, 1.165) is 51.5 Å². The Morgan fingerprint density at radius 3 is 2.56 bits per heavy atom. The third-order valence-corrected chi connectivity index (χ3v) is 4.48. The van der Waals surface area contributed by atoms with Gasteiger partial charge in [0.1, 0.15) is 0 Å². The molecular formula is C14H25NO3. The molecule has 1 heterocycles. The Morgan fingerprint density at radius 1 is 1.22 bits per heavy atom. The van der Waals surface area contributed by atoms with Crippen molar-refractivity contribution >= 4 is 5.91 Å². The minimum absolute atomic E-state index is 0.0615. The summed E-state index contributed by atoms with van der Waals surface area (Å²) in [7, 11) is 1.75. The highest BCUT2D eigenvalue weighted by Gasteiger charge is 2.33. The van der Waals surface area contributed by atoms with Crippen molar-refractivity contribution in [1.82, 2.24) is 4.90 Å². The number of hydrogen-bond donors (Lipinski definition) is 1. The van der Waals surface area contributed by atoms with Crippen molar-refractivity contribution in [3.05, 3.63) is 0 Å². The fourth-order valence-corrected chi connectivity index (χ4v) is 3.26. The molecule has 0 spiro atoms. The summed E-state index contributed by atoms with van der Waals surface area (Å²) in [5.74, 6) is 0.423. The SMILES string of the molecule is COC1CCC(C(=O)N2CCCCC2CO)CC1. The van der Waals surface area contributed by atoms with Gasteiger partial charge in [0.05, 0.1) is 18.8 Å². The van der Waals surface area contributed by atoms with Crippen LogP contribution in [-0.2, 0) is 9.53 Å². The Kier molecular flexibility index (Phi) is 5.01. The largest absolute Gasteiger partial charge is 0.394 e. The minimum atomic E-state index is 0.0615. The molecule has 1 aliphatic heterocycles. The molecule has 104 valence electrons. The molecule has 1 saturated heterocycles. The number of aliphatic hydroxyl groups is 1. The Hall–Kier alpha value is -0.610. The van der Waals surface area contributed by atoms with Crippen LogP contribution in [-0.4, -0.2) is 48.3 Å². The fraction of sp³-hybridized carbons (Fsp3) is 0.929. The Labute approximate surface area is 109 Å². The van der Waals surface area contributed by atoms with Crippen LogP contribution in [0.3, 0.4) is 0 Å². The molecule has 18 heavy (non-hydrogen) atoms. The summed E-state index contributed by atoms with van der Waals surface area (Å²) in [4.78, 5) is 14.4. The van der Waals surface area contributed by atoms with Gasteiger partial charge in [0.15, 0.2) is 0 Å². The zero-order valence-electron chi connectivity index (χ0n) is 11.3. The monoisotopic (exact) mass is 255 g/mol. The first-order valence-corrected chi connectivity index (χ1v) is 7.20. The van der Waals surface area contributed by atoms with Gasteiger partial charge in [0.25, 0.3) is 0 Å². The topological polar surface area (TPSA) is 49.8 Å². The number of carbonyl (C=O) groups excluding carboxylic acids is 1. The number of aliphatic hydroxyl groups excluding tert-OH is 1. The van der Waals surface area contributed by atoms with Gasteiger partial charge >= 0.3 is 0 Å². The summed E-state index contributed by atoms with van der Waals surface area (Å²) in [5, 5.41) is 9.37. The first-order chi connectivity index (χ1) is 8.76. The predicted molar refractivity (Wildman–Crippen MR) is 69.2 cm³/mol. The number of ether oxygens (including phenoxy) is 1. The Morgan fingerprint density at radius 2 is 1.94 bits per heavy atom. The maximum absolute atomic E-state index is 12.5. The van der Waals surface area contributed by atoms with Crippen molar-refractivity contribution in [3.8, 4) is 0 Å². The smallest absolute Gasteiger partial charge is 0.226 e. The molecule has 2 fully saturated rings. The summed E-state index contributed by atoms with van der Waals surface area (Å²) in [6.45, 7) is 0.938. The van der Waals surface area contributed by atoms with Crippen LogP contribution in [0.5, 0.6) is 0 Å². The second kappa shape index (κ2) is 6.53. The Balaban J connectivity index is 1.90. The molecule has 4 heteroatoms. The lowest BCUT2D eigenvalue weighted by molar-refractivity contribution is -0.142. The van der Waals surface area contributed by atoms with E-state index >= 15 is 0 Å². The third-order valence-electron chi connectivity index (χ3n) is 4.48. The highest BCUT2D eigenvalue weighted by Crippen LogP contribution is 2.29. The summed E-state index contributed by atoms with van der Waals surface area (Å²) in [6.07, 6.45) is 7.35. The lowest BCUT2D eigenvalue weighted by Crippen LogP contribution is -2.48. The zero-order valence-corrected chi connectivity index (χ0v) is 11.3. The maximum Gasteiger partial charge on any atom is 0.226 e. The van der Waals surface area contributed by atoms with Gasteiger partial charge in [0, 0.05) is 19.6 Å². The maximum atomic E-state index is 12.5. The number of nitrogens with zero attached hydrogens (tertiary/aromatic N) is 1. The van der Waals surface area contributed by atoms with Crippen molar-refractivity contribution in [2.75, 3.05) is 20.3 Å². The van der Waals surface area contributed by atoms with Crippen LogP contribution in [0.1, 0.15) is 44.9 Å². The summed E-state index contributed by atoms with van der Waals surface area (Å²) in [5.41, 5.74) is 0. The average molecular weight is 255 g/mol. The number of hydrogen-bond acceptors (Lipinski definition) is 3. The molecule has 0 radical (unpaired) electrons. The molecule has 2 rings (SSSR count). The van der Waals surface area contributed by atoms with Crippen molar-refractivity contribution in [3.63, 3.8) is 0 Å². The van der Waals surface area contributed by atoms with Gasteiger partial charge in [-0.3, -0.25) is 4.79 Å². The van der Waals surface area contributed by atoms with Crippen LogP contribution in [0.15, 0.2) is 0 Å². The number of piperidine rings is 1. The molecule has 0 aromatic heterocycles. The van der Waals surface area contributed by atoms with Crippen LogP contribution >= 0.6 is 0 Å². The molecule has 2 aliphatic rings. The molecule has 1 amide bonds. The van der Waals surface area contributed by atoms with Gasteiger partial charge in [-0.2, -0.15) is 0 Å². The highest BCUT2D eigenvalue weighted by atomic mass is 16.5. The second-order valence-electron chi connectivity index (χ2n) is 5.57. The Bertz CT molecular complexity index is 274. The van der Waals surface area contributed by atoms with Gasteiger partial charge in [0.2, 0.25) is 5.91 Å². The summed E-state index contributed by atoms with van der Waals surface area (Å²) in [6, 6.07) is 0.0615. The van der Waals surface area contributed by atoms with E-state index in [9.17, 15) is 9.90 Å². The summed E-state index contributed by atoms with van der Waals surface area (Å²) < 4.78 is 5.34. The number of methoxy groups -OCH3 is 1. The zero-order chi connectivity index (χ0) is 13.0. The van der Waals surface area contributed by atoms with Crippen molar-refractivity contribution < 1.29 is 14.6 Å². The van der Waals surface area contributed by atoms with E-state index in [2.05, 4.69) is 0 Å². The van der Waals surface area contributed by atoms with E-state index < -0.39 is 0 Å². The normalized spacial score (nSPS) is 33.4. The van der Waals surface area contributed by atoms with Gasteiger partial charge in [-0.05, 0) is 44.9 Å². The molecule has 0 aromatic carbocycles. The lowest BCUT2D eigenvalue weighted by Gasteiger charge is -2.38. The van der Waals surface area contributed by atoms with E-state index in [4.69, 9.17) is 4.74 Å². The van der Waals surface area contributed by atoms with Gasteiger partial charge < -0.3 is 14.7 Å². The second-order valence-corrected chi connectivity index (χ2v) is 5.57. The van der Waals surface area contributed by atoms with Gasteiger partial charge in [-0.1, -0.05) is 0 Å². The first kappa shape index (κ1) is 13.8. The molecule has 0 bridgehead atoms. The van der Waals surface area contributed by atoms with Crippen LogP contribution in [0.4, 0.5) is 0 Å². The number of rotatable bonds is 3. The van der Waals surface area contributed by atoms with Crippen LogP contribution in [0, 0.1) is 5.92 Å². The van der Waals surface area contributed by atoms with Crippen molar-refractivity contribution in [2.24, 2.45) is 5.92 Å². The van der Waals surface area contributed by atoms with Crippen molar-refractivity contribution in [2.45, 2.75) is 57.1 Å². The standard InChI is InChI=1S/C14H25NO3/c1-18-13-7-5-11(6-8-13)14(17)15-9-3-2-4-12(15)10-16/h11-13,16H,2-10H2,1H3. The van der Waals surface area contributed by atoms with E-state index in [1.54, 1.807) is 7.11 Å². The number of likely N-dealkylation sites (tertiary alicyclic amines) is 1. The molecule has 1 N–H and O–H groups in total. The van der Waals surface area contributed by atoms with E-state index in [0.29, 0.717) is 6.10 Å². The third kappa shape index (κ3) is 3.04. The lowest BCUT2D eigenvalue weighted by atomic mass is 9.85. The highest BCUT2D eigenvalue weighted by molar-refractivity contribution is 5.79. The van der Waals surface area contributed by atoms with Gasteiger partial charge in [-0.25, -0.2) is 0 Å². The van der Waals surface area contributed by atoms with E-state index in [1.807, 2.05) is 4.90 Å². The molecular weight excluding hydrogens is 230 g/mol. The number of amides is 1. The molecule has 1 aliphatic carbocycles. The van der Waals surface area contributed by atoms with Crippen LogP contribution in [0.2, 0.25) is 0 Å². The minimum Gasteiger partial charge on any atom is -0.394 e. The molecule has 0 aromatic rings. The number of carbonyl (C=O) groups is 1. The van der Waals surface area contributed by atoms with E-state index in [1.165, 1.54) is 0 Å². The quantitative estimate of drug-likeness (QED) is 0.832. The van der Waals surface area contributed by atoms with Crippen LogP contribution in [0.25, 0.3) is 0 Å². The average Bonchev–Trinajstić information content (AvgIpc) is 2.46. The van der Waals surface area contributed by atoms with E-state index in [-0.39, 0.29) is 24.5 Å². The summed E-state index contributed by atoms with van der Waals surface area (Å²) >= 11 is 0. The van der Waals surface area contributed by atoms with Crippen LogP contribution < -0.4 is 0 Å². The predicted octanol–water partition coefficient (Wildman–Crippen LogP) is 1.56. The molecule has 1 saturated carbocycles. The first-order valence-electron chi connectivity index (χ1n) is 7.20. The molecule has 1 unspecified atom stereocenters.